The lowest BCUT2D eigenvalue weighted by Gasteiger charge is -2.13. The summed E-state index contributed by atoms with van der Waals surface area (Å²) in [4.78, 5) is 12.8. The Morgan fingerprint density at radius 3 is 2.77 bits per heavy atom. The zero-order valence-electron chi connectivity index (χ0n) is 14.0. The van der Waals surface area contributed by atoms with Crippen molar-refractivity contribution in [3.8, 4) is 5.69 Å². The summed E-state index contributed by atoms with van der Waals surface area (Å²) >= 11 is 3.39. The molecule has 1 aliphatic heterocycles. The van der Waals surface area contributed by atoms with Gasteiger partial charge >= 0.3 is 0 Å². The Morgan fingerprint density at radius 2 is 2.00 bits per heavy atom. The lowest BCUT2D eigenvalue weighted by atomic mass is 10.2. The number of anilines is 1. The second kappa shape index (κ2) is 6.81. The van der Waals surface area contributed by atoms with Crippen molar-refractivity contribution in [2.45, 2.75) is 18.4 Å². The van der Waals surface area contributed by atoms with E-state index in [-0.39, 0.29) is 5.91 Å². The molecule has 7 heteroatoms. The second-order valence-electron chi connectivity index (χ2n) is 6.17. The first kappa shape index (κ1) is 17.2. The number of rotatable bonds is 3. The van der Waals surface area contributed by atoms with Gasteiger partial charge in [0.1, 0.15) is 5.82 Å². The highest BCUT2D eigenvalue weighted by Gasteiger charge is 2.28. The molecule has 0 aliphatic carbocycles. The van der Waals surface area contributed by atoms with Gasteiger partial charge in [-0.25, -0.2) is 4.68 Å². The second-order valence-corrected chi connectivity index (χ2v) is 8.54. The van der Waals surface area contributed by atoms with Crippen molar-refractivity contribution in [2.24, 2.45) is 0 Å². The number of nitrogens with zero attached hydrogens (tertiary/aromatic N) is 2. The van der Waals surface area contributed by atoms with E-state index in [1.165, 1.54) is 0 Å². The molecule has 1 aromatic heterocycles. The fourth-order valence-corrected chi connectivity index (χ4v) is 4.70. The SMILES string of the molecule is Cc1ccccc1-n1nc2c(c1NC(=O)c1cccc(Br)c1)CS(=O)C2. The molecule has 0 bridgehead atoms. The lowest BCUT2D eigenvalue weighted by molar-refractivity contribution is 0.102. The van der Waals surface area contributed by atoms with E-state index < -0.39 is 10.8 Å². The van der Waals surface area contributed by atoms with Gasteiger partial charge in [0.15, 0.2) is 0 Å². The number of halogens is 1. The summed E-state index contributed by atoms with van der Waals surface area (Å²) in [6.45, 7) is 2.00. The van der Waals surface area contributed by atoms with E-state index >= 15 is 0 Å². The van der Waals surface area contributed by atoms with E-state index in [1.54, 1.807) is 16.8 Å². The molecule has 2 aromatic carbocycles. The Balaban J connectivity index is 1.78. The number of nitrogens with one attached hydrogen (secondary N) is 1. The summed E-state index contributed by atoms with van der Waals surface area (Å²) in [5.41, 5.74) is 4.14. The number of amides is 1. The fraction of sp³-hybridized carbons (Fsp3) is 0.158. The van der Waals surface area contributed by atoms with Gasteiger partial charge in [-0.15, -0.1) is 0 Å². The van der Waals surface area contributed by atoms with E-state index in [9.17, 15) is 9.00 Å². The van der Waals surface area contributed by atoms with Gasteiger partial charge in [0.2, 0.25) is 0 Å². The summed E-state index contributed by atoms with van der Waals surface area (Å²) in [5.74, 6) is 1.22. The number of aryl methyl sites for hydroxylation is 1. The molecular weight excluding hydrogens is 414 g/mol. The predicted molar refractivity (Wildman–Crippen MR) is 106 cm³/mol. The van der Waals surface area contributed by atoms with Crippen LogP contribution in [0.4, 0.5) is 5.82 Å². The van der Waals surface area contributed by atoms with Gasteiger partial charge in [0, 0.05) is 26.4 Å². The summed E-state index contributed by atoms with van der Waals surface area (Å²) < 4.78 is 14.6. The molecule has 2 heterocycles. The Hall–Kier alpha value is -2.25. The molecule has 4 rings (SSSR count). The van der Waals surface area contributed by atoms with E-state index in [1.807, 2.05) is 43.3 Å². The first-order chi connectivity index (χ1) is 12.5. The molecule has 0 spiro atoms. The summed E-state index contributed by atoms with van der Waals surface area (Å²) in [6, 6.07) is 15.1. The molecule has 0 radical (unpaired) electrons. The van der Waals surface area contributed by atoms with Crippen LogP contribution in [0.15, 0.2) is 53.0 Å². The molecule has 0 saturated carbocycles. The number of para-hydroxylation sites is 1. The van der Waals surface area contributed by atoms with Crippen LogP contribution in [-0.2, 0) is 22.3 Å². The van der Waals surface area contributed by atoms with Crippen molar-refractivity contribution in [1.29, 1.82) is 0 Å². The van der Waals surface area contributed by atoms with Crippen molar-refractivity contribution < 1.29 is 9.00 Å². The highest BCUT2D eigenvalue weighted by atomic mass is 79.9. The fourth-order valence-electron chi connectivity index (χ4n) is 3.04. The van der Waals surface area contributed by atoms with Crippen molar-refractivity contribution in [2.75, 3.05) is 5.32 Å². The van der Waals surface area contributed by atoms with Crippen molar-refractivity contribution >= 4 is 38.5 Å². The number of carbonyl (C=O) groups is 1. The lowest BCUT2D eigenvalue weighted by Crippen LogP contribution is -2.17. The standard InChI is InChI=1S/C19H16BrN3O2S/c1-12-5-2-3-8-17(12)23-18(15-10-26(25)11-16(15)22-23)21-19(24)13-6-4-7-14(20)9-13/h2-9H,10-11H2,1H3,(H,21,24). The van der Waals surface area contributed by atoms with Crippen molar-refractivity contribution in [1.82, 2.24) is 9.78 Å². The van der Waals surface area contributed by atoms with Crippen LogP contribution < -0.4 is 5.32 Å². The molecule has 1 N–H and O–H groups in total. The summed E-state index contributed by atoms with van der Waals surface area (Å²) in [7, 11) is -0.966. The number of benzene rings is 2. The number of fused-ring (bicyclic) bond motifs is 1. The maximum absolute atomic E-state index is 12.8. The number of hydrogen-bond acceptors (Lipinski definition) is 3. The molecule has 1 amide bonds. The zero-order chi connectivity index (χ0) is 18.3. The highest BCUT2D eigenvalue weighted by molar-refractivity contribution is 9.10. The van der Waals surface area contributed by atoms with Crippen LogP contribution in [0.5, 0.6) is 0 Å². The number of aromatic nitrogens is 2. The number of hydrogen-bond donors (Lipinski definition) is 1. The Kier molecular flexibility index (Phi) is 4.50. The summed E-state index contributed by atoms with van der Waals surface area (Å²) in [6.07, 6.45) is 0. The van der Waals surface area contributed by atoms with Gasteiger partial charge in [0.05, 0.1) is 22.9 Å². The minimum Gasteiger partial charge on any atom is -0.306 e. The maximum Gasteiger partial charge on any atom is 0.256 e. The van der Waals surface area contributed by atoms with Gasteiger partial charge in [-0.2, -0.15) is 5.10 Å². The van der Waals surface area contributed by atoms with E-state index in [0.717, 1.165) is 27.0 Å². The minimum atomic E-state index is -0.966. The van der Waals surface area contributed by atoms with Gasteiger partial charge in [-0.3, -0.25) is 9.00 Å². The van der Waals surface area contributed by atoms with E-state index in [0.29, 0.717) is 22.9 Å². The molecule has 5 nitrogen and oxygen atoms in total. The van der Waals surface area contributed by atoms with Gasteiger partial charge in [0.25, 0.3) is 5.91 Å². The topological polar surface area (TPSA) is 64.0 Å². The van der Waals surface area contributed by atoms with Crippen LogP contribution in [0.2, 0.25) is 0 Å². The van der Waals surface area contributed by atoms with Gasteiger partial charge in [-0.05, 0) is 36.8 Å². The largest absolute Gasteiger partial charge is 0.306 e. The molecule has 1 unspecified atom stereocenters. The van der Waals surface area contributed by atoms with Crippen molar-refractivity contribution in [3.63, 3.8) is 0 Å². The Labute approximate surface area is 162 Å². The Morgan fingerprint density at radius 1 is 1.19 bits per heavy atom. The first-order valence-corrected chi connectivity index (χ1v) is 10.4. The van der Waals surface area contributed by atoms with Gasteiger partial charge < -0.3 is 5.32 Å². The van der Waals surface area contributed by atoms with E-state index in [2.05, 4.69) is 26.3 Å². The molecule has 132 valence electrons. The predicted octanol–water partition coefficient (Wildman–Crippen LogP) is 3.96. The normalized spacial score (nSPS) is 15.7. The van der Waals surface area contributed by atoms with Crippen LogP contribution in [-0.4, -0.2) is 19.9 Å². The smallest absolute Gasteiger partial charge is 0.256 e. The maximum atomic E-state index is 12.8. The average molecular weight is 430 g/mol. The molecule has 1 atom stereocenters. The third-order valence-corrected chi connectivity index (χ3v) is 6.03. The molecule has 0 saturated heterocycles. The third kappa shape index (κ3) is 3.12. The molecule has 3 aromatic rings. The zero-order valence-corrected chi connectivity index (χ0v) is 16.4. The first-order valence-electron chi connectivity index (χ1n) is 8.11. The average Bonchev–Trinajstić information content (AvgIpc) is 3.12. The van der Waals surface area contributed by atoms with Crippen LogP contribution in [0.25, 0.3) is 5.69 Å². The summed E-state index contributed by atoms with van der Waals surface area (Å²) in [5, 5.41) is 7.62. The monoisotopic (exact) mass is 429 g/mol. The molecular formula is C19H16BrN3O2S. The van der Waals surface area contributed by atoms with Crippen LogP contribution >= 0.6 is 15.9 Å². The molecule has 1 aliphatic rings. The minimum absolute atomic E-state index is 0.221. The Bertz CT molecular complexity index is 1050. The molecule has 26 heavy (non-hydrogen) atoms. The number of carbonyl (C=O) groups excluding carboxylic acids is 1. The van der Waals surface area contributed by atoms with Crippen LogP contribution in [0.1, 0.15) is 27.2 Å². The third-order valence-electron chi connectivity index (χ3n) is 4.33. The van der Waals surface area contributed by atoms with Crippen LogP contribution in [0, 0.1) is 6.92 Å². The van der Waals surface area contributed by atoms with Crippen molar-refractivity contribution in [3.05, 3.63) is 75.4 Å². The quantitative estimate of drug-likeness (QED) is 0.684. The van der Waals surface area contributed by atoms with E-state index in [4.69, 9.17) is 0 Å². The highest BCUT2D eigenvalue weighted by Crippen LogP contribution is 2.32. The van der Waals surface area contributed by atoms with Crippen LogP contribution in [0.3, 0.4) is 0 Å². The molecule has 0 fully saturated rings. The van der Waals surface area contributed by atoms with Gasteiger partial charge in [-0.1, -0.05) is 40.2 Å².